The van der Waals surface area contributed by atoms with Gasteiger partial charge >= 0.3 is 6.18 Å². The van der Waals surface area contributed by atoms with Gasteiger partial charge in [0.2, 0.25) is 21.9 Å². The first-order chi connectivity index (χ1) is 20.3. The zero-order chi connectivity index (χ0) is 30.6. The van der Waals surface area contributed by atoms with Crippen LogP contribution in [0, 0.1) is 18.3 Å². The molecular weight excluding hydrogens is 587 g/mol. The first-order valence-corrected chi connectivity index (χ1v) is 16.0. The van der Waals surface area contributed by atoms with Gasteiger partial charge in [-0.25, -0.2) is 23.5 Å². The minimum absolute atomic E-state index is 0.0279. The Bertz CT molecular complexity index is 1590. The number of benzene rings is 1. The van der Waals surface area contributed by atoms with Crippen LogP contribution in [0.5, 0.6) is 0 Å². The summed E-state index contributed by atoms with van der Waals surface area (Å²) in [6.07, 6.45) is 0.215. The van der Waals surface area contributed by atoms with E-state index in [2.05, 4.69) is 25.1 Å². The van der Waals surface area contributed by atoms with Crippen molar-refractivity contribution in [1.29, 1.82) is 0 Å². The molecule has 3 aliphatic rings. The molecule has 1 aromatic carbocycles. The molecule has 232 valence electrons. The average molecular weight is 622 g/mol. The van der Waals surface area contributed by atoms with Crippen molar-refractivity contribution in [2.75, 3.05) is 42.6 Å². The lowest BCUT2D eigenvalue weighted by atomic mass is 9.92. The number of nitrogens with zero attached hydrogens (tertiary/aromatic N) is 6. The molecule has 1 saturated carbocycles. The van der Waals surface area contributed by atoms with E-state index in [1.54, 1.807) is 36.1 Å². The fourth-order valence-electron chi connectivity index (χ4n) is 6.14. The fraction of sp³-hybridized carbons (Fsp3) is 0.571. The molecule has 1 atom stereocenters. The van der Waals surface area contributed by atoms with Crippen molar-refractivity contribution in [3.05, 3.63) is 35.5 Å². The van der Waals surface area contributed by atoms with Gasteiger partial charge < -0.3 is 19.3 Å². The first-order valence-electron chi connectivity index (χ1n) is 14.4. The maximum Gasteiger partial charge on any atom is 0.391 e. The van der Waals surface area contributed by atoms with Gasteiger partial charge in [-0.15, -0.1) is 10.2 Å². The molecule has 11 nitrogen and oxygen atoms in total. The maximum atomic E-state index is 13.2. The van der Waals surface area contributed by atoms with E-state index in [-0.39, 0.29) is 37.7 Å². The van der Waals surface area contributed by atoms with Gasteiger partial charge in [0.1, 0.15) is 10.9 Å². The topological polar surface area (TPSA) is 152 Å². The highest BCUT2D eigenvalue weighted by Gasteiger charge is 2.45. The number of hydrogen-bond acceptors (Lipinski definition) is 10. The highest BCUT2D eigenvalue weighted by molar-refractivity contribution is 7.89. The van der Waals surface area contributed by atoms with Gasteiger partial charge in [-0.1, -0.05) is 6.07 Å². The van der Waals surface area contributed by atoms with Crippen LogP contribution in [0.25, 0.3) is 23.0 Å². The monoisotopic (exact) mass is 621 g/mol. The van der Waals surface area contributed by atoms with Gasteiger partial charge in [-0.3, -0.25) is 0 Å². The van der Waals surface area contributed by atoms with Crippen LogP contribution in [0.2, 0.25) is 0 Å². The summed E-state index contributed by atoms with van der Waals surface area (Å²) in [5.74, 6) is -0.709. The molecule has 0 radical (unpaired) electrons. The molecule has 43 heavy (non-hydrogen) atoms. The number of hydrogen-bond donors (Lipinski definition) is 2. The van der Waals surface area contributed by atoms with E-state index in [9.17, 15) is 26.7 Å². The predicted molar refractivity (Wildman–Crippen MR) is 153 cm³/mol. The van der Waals surface area contributed by atoms with E-state index < -0.39 is 34.0 Å². The Hall–Kier alpha value is -3.30. The standard InChI is InChI=1S/C28H34F3N7O4S/c1-17-14-21(34-26(33-17)38-10-4-19(5-11-38)28(29,30)31)25-36-35-24(42-25)20-3-2-18(23(16-39)43(32,40)41)15-22(20)37-12-8-27(6-7-27)9-13-37/h2-3,14-15,19,23,39H,4-13,16H2,1H3,(H2,32,40,41). The first kappa shape index (κ1) is 29.8. The van der Waals surface area contributed by atoms with Crippen molar-refractivity contribution >= 4 is 21.7 Å². The summed E-state index contributed by atoms with van der Waals surface area (Å²) < 4.78 is 69.9. The van der Waals surface area contributed by atoms with Gasteiger partial charge in [0.25, 0.3) is 5.89 Å². The number of halogens is 3. The Morgan fingerprint density at radius 1 is 1.02 bits per heavy atom. The SMILES string of the molecule is Cc1cc(-c2nnc(-c3ccc(C(CO)S(N)(=O)=O)cc3N3CCC4(CC3)CC4)o2)nc(N2CCC(C(F)(F)F)CC2)n1. The third-order valence-electron chi connectivity index (χ3n) is 9.04. The van der Waals surface area contributed by atoms with Gasteiger partial charge in [0.15, 0.2) is 0 Å². The van der Waals surface area contributed by atoms with Crippen molar-refractivity contribution < 1.29 is 31.1 Å². The number of aryl methyl sites for hydroxylation is 1. The van der Waals surface area contributed by atoms with Crippen LogP contribution in [0.4, 0.5) is 24.8 Å². The summed E-state index contributed by atoms with van der Waals surface area (Å²) in [7, 11) is -4.06. The van der Waals surface area contributed by atoms with Crippen LogP contribution < -0.4 is 14.9 Å². The van der Waals surface area contributed by atoms with Crippen molar-refractivity contribution in [3.63, 3.8) is 0 Å². The van der Waals surface area contributed by atoms with E-state index in [0.29, 0.717) is 39.6 Å². The van der Waals surface area contributed by atoms with Crippen LogP contribution in [0.1, 0.15) is 55.0 Å². The number of primary sulfonamides is 1. The number of aliphatic hydroxyl groups is 1. The number of sulfonamides is 1. The minimum Gasteiger partial charge on any atom is -0.415 e. The quantitative estimate of drug-likeness (QED) is 0.396. The molecule has 6 rings (SSSR count). The summed E-state index contributed by atoms with van der Waals surface area (Å²) >= 11 is 0. The number of aliphatic hydroxyl groups excluding tert-OH is 1. The number of alkyl halides is 3. The third kappa shape index (κ3) is 6.20. The molecule has 1 unspecified atom stereocenters. The normalized spacial score (nSPS) is 20.0. The van der Waals surface area contributed by atoms with E-state index in [1.165, 1.54) is 12.8 Å². The number of anilines is 2. The van der Waals surface area contributed by atoms with Crippen LogP contribution in [-0.2, 0) is 10.0 Å². The molecule has 3 fully saturated rings. The maximum absolute atomic E-state index is 13.2. The Balaban J connectivity index is 1.30. The zero-order valence-electron chi connectivity index (χ0n) is 23.7. The lowest BCUT2D eigenvalue weighted by molar-refractivity contribution is -0.179. The largest absolute Gasteiger partial charge is 0.415 e. The summed E-state index contributed by atoms with van der Waals surface area (Å²) in [4.78, 5) is 12.9. The number of aromatic nitrogens is 4. The molecule has 2 aliphatic heterocycles. The summed E-state index contributed by atoms with van der Waals surface area (Å²) in [6, 6.07) is 6.66. The van der Waals surface area contributed by atoms with Crippen LogP contribution in [-0.4, -0.2) is 72.7 Å². The summed E-state index contributed by atoms with van der Waals surface area (Å²) in [5, 5.41) is 22.4. The Morgan fingerprint density at radius 2 is 1.70 bits per heavy atom. The van der Waals surface area contributed by atoms with Gasteiger partial charge in [-0.05, 0) is 74.6 Å². The van der Waals surface area contributed by atoms with Crippen LogP contribution >= 0.6 is 0 Å². The molecule has 2 aromatic heterocycles. The Morgan fingerprint density at radius 3 is 2.30 bits per heavy atom. The summed E-state index contributed by atoms with van der Waals surface area (Å²) in [5.41, 5.74) is 3.02. The predicted octanol–water partition coefficient (Wildman–Crippen LogP) is 3.98. The van der Waals surface area contributed by atoms with Crippen molar-refractivity contribution in [1.82, 2.24) is 20.2 Å². The van der Waals surface area contributed by atoms with Gasteiger partial charge in [-0.2, -0.15) is 13.2 Å². The van der Waals surface area contributed by atoms with E-state index in [4.69, 9.17) is 9.56 Å². The zero-order valence-corrected chi connectivity index (χ0v) is 24.5. The fourth-order valence-corrected chi connectivity index (χ4v) is 6.87. The second-order valence-electron chi connectivity index (χ2n) is 11.9. The molecule has 1 aliphatic carbocycles. The van der Waals surface area contributed by atoms with Crippen molar-refractivity contribution in [2.45, 2.75) is 56.9 Å². The molecule has 0 amide bonds. The van der Waals surface area contributed by atoms with E-state index >= 15 is 0 Å². The highest BCUT2D eigenvalue weighted by atomic mass is 32.2. The smallest absolute Gasteiger partial charge is 0.391 e. The van der Waals surface area contributed by atoms with Crippen molar-refractivity contribution in [3.8, 4) is 23.0 Å². The van der Waals surface area contributed by atoms with Crippen LogP contribution in [0.15, 0.2) is 28.7 Å². The summed E-state index contributed by atoms with van der Waals surface area (Å²) in [6.45, 7) is 3.02. The average Bonchev–Trinajstić information content (AvgIpc) is 3.52. The lowest BCUT2D eigenvalue weighted by Gasteiger charge is -2.35. The number of rotatable bonds is 7. The van der Waals surface area contributed by atoms with Crippen molar-refractivity contribution in [2.24, 2.45) is 16.5 Å². The minimum atomic E-state index is -4.22. The molecular formula is C28H34F3N7O4S. The number of nitrogens with two attached hydrogens (primary N) is 1. The third-order valence-corrected chi connectivity index (χ3v) is 10.2. The van der Waals surface area contributed by atoms with Gasteiger partial charge in [0, 0.05) is 37.6 Å². The Kier molecular flexibility index (Phi) is 7.62. The van der Waals surface area contributed by atoms with E-state index in [1.807, 2.05) is 0 Å². The molecule has 3 aromatic rings. The molecule has 4 heterocycles. The highest BCUT2D eigenvalue weighted by Crippen LogP contribution is 2.54. The molecule has 3 N–H and O–H groups in total. The number of piperidine rings is 2. The van der Waals surface area contributed by atoms with Gasteiger partial charge in [0.05, 0.1) is 18.1 Å². The molecule has 2 saturated heterocycles. The molecule has 0 bridgehead atoms. The molecule has 1 spiro atoms. The van der Waals surface area contributed by atoms with E-state index in [0.717, 1.165) is 25.9 Å². The Labute approximate surface area is 247 Å². The lowest BCUT2D eigenvalue weighted by Crippen LogP contribution is -2.39. The second-order valence-corrected chi connectivity index (χ2v) is 13.7. The molecule has 15 heteroatoms. The van der Waals surface area contributed by atoms with Crippen LogP contribution in [0.3, 0.4) is 0 Å². The second kappa shape index (κ2) is 11.0.